The van der Waals surface area contributed by atoms with Crippen molar-refractivity contribution < 1.29 is 29.1 Å². The molecule has 4 amide bonds. The van der Waals surface area contributed by atoms with Gasteiger partial charge < -0.3 is 32.5 Å². The first-order chi connectivity index (χ1) is 11.1. The third kappa shape index (κ3) is 8.33. The van der Waals surface area contributed by atoms with Crippen molar-refractivity contribution in [2.24, 2.45) is 11.5 Å². The highest BCUT2D eigenvalue weighted by atomic mass is 32.1. The lowest BCUT2D eigenvalue weighted by Crippen LogP contribution is -2.57. The summed E-state index contributed by atoms with van der Waals surface area (Å²) in [6.45, 7) is 1.04. The largest absolute Gasteiger partial charge is 0.481 e. The molecule has 0 rings (SSSR count). The SMILES string of the molecule is CC(=O)NC[C@H](N)C(=O)N[C@@H](CC(=O)O)C(=O)N[C@@H](CS)C(N)=O. The number of hydrogen-bond acceptors (Lipinski definition) is 7. The van der Waals surface area contributed by atoms with Crippen molar-refractivity contribution in [1.29, 1.82) is 0 Å². The number of carbonyl (C=O) groups is 5. The lowest BCUT2D eigenvalue weighted by molar-refractivity contribution is -0.141. The Morgan fingerprint density at radius 3 is 2.04 bits per heavy atom. The average molecular weight is 363 g/mol. The summed E-state index contributed by atoms with van der Waals surface area (Å²) in [4.78, 5) is 56.6. The molecule has 0 aromatic carbocycles. The molecular formula is C12H21N5O6S. The first-order valence-electron chi connectivity index (χ1n) is 6.81. The number of nitrogens with one attached hydrogen (secondary N) is 3. The van der Waals surface area contributed by atoms with Gasteiger partial charge in [-0.05, 0) is 0 Å². The third-order valence-electron chi connectivity index (χ3n) is 2.76. The van der Waals surface area contributed by atoms with Crippen LogP contribution in [0.2, 0.25) is 0 Å². The van der Waals surface area contributed by atoms with Crippen LogP contribution >= 0.6 is 12.6 Å². The van der Waals surface area contributed by atoms with E-state index in [-0.39, 0.29) is 12.3 Å². The van der Waals surface area contributed by atoms with E-state index >= 15 is 0 Å². The predicted octanol–water partition coefficient (Wildman–Crippen LogP) is -3.69. The molecule has 0 spiro atoms. The van der Waals surface area contributed by atoms with Crippen molar-refractivity contribution in [2.45, 2.75) is 31.5 Å². The molecule has 8 N–H and O–H groups in total. The molecule has 3 atom stereocenters. The third-order valence-corrected chi connectivity index (χ3v) is 3.13. The van der Waals surface area contributed by atoms with E-state index in [1.54, 1.807) is 0 Å². The lowest BCUT2D eigenvalue weighted by atomic mass is 10.1. The summed E-state index contributed by atoms with van der Waals surface area (Å²) in [6, 6.07) is -3.78. The number of primary amides is 1. The van der Waals surface area contributed by atoms with E-state index in [0.717, 1.165) is 0 Å². The van der Waals surface area contributed by atoms with Crippen molar-refractivity contribution in [3.05, 3.63) is 0 Å². The first-order valence-corrected chi connectivity index (χ1v) is 7.44. The molecule has 11 nitrogen and oxygen atoms in total. The van der Waals surface area contributed by atoms with Crippen LogP contribution in [0.3, 0.4) is 0 Å². The van der Waals surface area contributed by atoms with Crippen LogP contribution in [-0.4, -0.2) is 65.1 Å². The van der Waals surface area contributed by atoms with Crippen molar-refractivity contribution in [2.75, 3.05) is 12.3 Å². The summed E-state index contributed by atoms with van der Waals surface area (Å²) in [6.07, 6.45) is -0.734. The van der Waals surface area contributed by atoms with Crippen LogP contribution in [-0.2, 0) is 24.0 Å². The molecule has 0 saturated heterocycles. The first kappa shape index (κ1) is 21.7. The predicted molar refractivity (Wildman–Crippen MR) is 85.8 cm³/mol. The van der Waals surface area contributed by atoms with Gasteiger partial charge in [0.15, 0.2) is 0 Å². The fraction of sp³-hybridized carbons (Fsp3) is 0.583. The molecule has 0 fully saturated rings. The number of carboxylic acids is 1. The van der Waals surface area contributed by atoms with Crippen molar-refractivity contribution >= 4 is 42.2 Å². The number of amides is 4. The quantitative estimate of drug-likeness (QED) is 0.194. The van der Waals surface area contributed by atoms with E-state index in [4.69, 9.17) is 16.6 Å². The minimum Gasteiger partial charge on any atom is -0.481 e. The van der Waals surface area contributed by atoms with Gasteiger partial charge in [0.05, 0.1) is 6.42 Å². The Morgan fingerprint density at radius 1 is 1.08 bits per heavy atom. The van der Waals surface area contributed by atoms with Gasteiger partial charge in [-0.3, -0.25) is 24.0 Å². The van der Waals surface area contributed by atoms with Gasteiger partial charge >= 0.3 is 5.97 Å². The van der Waals surface area contributed by atoms with Gasteiger partial charge in [-0.1, -0.05) is 0 Å². The smallest absolute Gasteiger partial charge is 0.305 e. The van der Waals surface area contributed by atoms with Gasteiger partial charge in [0.25, 0.3) is 0 Å². The fourth-order valence-electron chi connectivity index (χ4n) is 1.49. The van der Waals surface area contributed by atoms with Crippen LogP contribution in [0.25, 0.3) is 0 Å². The van der Waals surface area contributed by atoms with Crippen LogP contribution in [0, 0.1) is 0 Å². The molecule has 24 heavy (non-hydrogen) atoms. The second kappa shape index (κ2) is 10.4. The van der Waals surface area contributed by atoms with Gasteiger partial charge in [0.1, 0.15) is 18.1 Å². The monoisotopic (exact) mass is 363 g/mol. The number of nitrogens with two attached hydrogens (primary N) is 2. The molecule has 136 valence electrons. The van der Waals surface area contributed by atoms with Crippen LogP contribution in [0.5, 0.6) is 0 Å². The van der Waals surface area contributed by atoms with E-state index < -0.39 is 54.1 Å². The van der Waals surface area contributed by atoms with Gasteiger partial charge in [-0.15, -0.1) is 0 Å². The molecule has 12 heteroatoms. The Hall–Kier alpha value is -2.34. The van der Waals surface area contributed by atoms with Crippen molar-refractivity contribution in [3.8, 4) is 0 Å². The van der Waals surface area contributed by atoms with E-state index in [0.29, 0.717) is 0 Å². The van der Waals surface area contributed by atoms with E-state index in [1.807, 2.05) is 0 Å². The summed E-state index contributed by atoms with van der Waals surface area (Å²) in [5.74, 6) is -4.48. The summed E-state index contributed by atoms with van der Waals surface area (Å²) in [5.41, 5.74) is 10.6. The summed E-state index contributed by atoms with van der Waals surface area (Å²) < 4.78 is 0. The zero-order valence-corrected chi connectivity index (χ0v) is 13.8. The molecule has 0 radical (unpaired) electrons. The highest BCUT2D eigenvalue weighted by Gasteiger charge is 2.28. The summed E-state index contributed by atoms with van der Waals surface area (Å²) in [7, 11) is 0. The van der Waals surface area contributed by atoms with E-state index in [1.165, 1.54) is 6.92 Å². The number of carboxylic acid groups (broad SMARTS) is 1. The van der Waals surface area contributed by atoms with Crippen LogP contribution in [0.4, 0.5) is 0 Å². The van der Waals surface area contributed by atoms with Crippen LogP contribution in [0.1, 0.15) is 13.3 Å². The number of aliphatic carboxylic acids is 1. The molecule has 0 aromatic rings. The molecule has 0 aromatic heterocycles. The lowest BCUT2D eigenvalue weighted by Gasteiger charge is -2.21. The highest BCUT2D eigenvalue weighted by Crippen LogP contribution is 1.97. The maximum Gasteiger partial charge on any atom is 0.305 e. The topological polar surface area (TPSA) is 194 Å². The van der Waals surface area contributed by atoms with Gasteiger partial charge in [-0.25, -0.2) is 0 Å². The molecule has 0 heterocycles. The Morgan fingerprint density at radius 2 is 1.62 bits per heavy atom. The highest BCUT2D eigenvalue weighted by molar-refractivity contribution is 7.80. The molecular weight excluding hydrogens is 342 g/mol. The Bertz CT molecular complexity index is 514. The molecule has 0 aliphatic rings. The molecule has 0 aliphatic carbocycles. The summed E-state index contributed by atoms with van der Waals surface area (Å²) in [5, 5.41) is 15.5. The van der Waals surface area contributed by atoms with Crippen LogP contribution in [0.15, 0.2) is 0 Å². The number of carbonyl (C=O) groups excluding carboxylic acids is 4. The number of rotatable bonds is 10. The van der Waals surface area contributed by atoms with Crippen molar-refractivity contribution in [3.63, 3.8) is 0 Å². The number of hydrogen-bond donors (Lipinski definition) is 7. The molecule has 0 saturated carbocycles. The maximum absolute atomic E-state index is 12.0. The van der Waals surface area contributed by atoms with Gasteiger partial charge in [-0.2, -0.15) is 12.6 Å². The maximum atomic E-state index is 12.0. The minimum absolute atomic E-state index is 0.100. The normalized spacial score (nSPS) is 14.0. The molecule has 0 unspecified atom stereocenters. The van der Waals surface area contributed by atoms with E-state index in [2.05, 4.69) is 28.6 Å². The minimum atomic E-state index is -1.47. The zero-order valence-electron chi connectivity index (χ0n) is 12.9. The van der Waals surface area contributed by atoms with E-state index in [9.17, 15) is 24.0 Å². The molecule has 0 aliphatic heterocycles. The van der Waals surface area contributed by atoms with Gasteiger partial charge in [0, 0.05) is 19.2 Å². The fourth-order valence-corrected chi connectivity index (χ4v) is 1.76. The Kier molecular flexibility index (Phi) is 9.42. The van der Waals surface area contributed by atoms with Gasteiger partial charge in [0.2, 0.25) is 23.6 Å². The Labute approximate surface area is 143 Å². The number of thiol groups is 1. The molecule has 0 bridgehead atoms. The second-order valence-corrected chi connectivity index (χ2v) is 5.21. The average Bonchev–Trinajstić information content (AvgIpc) is 2.48. The Balaban J connectivity index is 4.90. The second-order valence-electron chi connectivity index (χ2n) is 4.85. The standard InChI is InChI=1S/C12H21N5O6S/c1-5(18)15-3-6(13)11(22)16-7(2-9(19)20)12(23)17-8(4-24)10(14)21/h6-8,24H,2-4,13H2,1H3,(H2,14,21)(H,15,18)(H,16,22)(H,17,23)(H,19,20)/t6-,7-,8-/m0/s1. The zero-order chi connectivity index (χ0) is 18.9. The summed E-state index contributed by atoms with van der Waals surface area (Å²) >= 11 is 3.84. The van der Waals surface area contributed by atoms with Crippen LogP contribution < -0.4 is 27.4 Å². The van der Waals surface area contributed by atoms with Crippen molar-refractivity contribution in [1.82, 2.24) is 16.0 Å².